The Morgan fingerprint density at radius 1 is 1.23 bits per heavy atom. The minimum atomic E-state index is -0.490. The van der Waals surface area contributed by atoms with Crippen LogP contribution in [0.5, 0.6) is 0 Å². The van der Waals surface area contributed by atoms with Gasteiger partial charge in [-0.25, -0.2) is 4.79 Å². The first-order chi connectivity index (χ1) is 14.0. The van der Waals surface area contributed by atoms with Crippen LogP contribution in [0.1, 0.15) is 65.0 Å². The van der Waals surface area contributed by atoms with Crippen molar-refractivity contribution in [3.8, 4) is 0 Å². The second kappa shape index (κ2) is 8.29. The average molecular weight is 411 g/mol. The number of amides is 2. The third-order valence-corrected chi connectivity index (χ3v) is 6.21. The summed E-state index contributed by atoms with van der Waals surface area (Å²) in [4.78, 5) is 28.3. The van der Waals surface area contributed by atoms with Crippen LogP contribution in [0.2, 0.25) is 0 Å². The van der Waals surface area contributed by atoms with Crippen molar-refractivity contribution >= 4 is 23.3 Å². The molecule has 5 nitrogen and oxygen atoms in total. The summed E-state index contributed by atoms with van der Waals surface area (Å²) in [5.41, 5.74) is 4.01. The van der Waals surface area contributed by atoms with Gasteiger partial charge in [-0.1, -0.05) is 25.1 Å². The molecule has 0 fully saturated rings. The van der Waals surface area contributed by atoms with Crippen molar-refractivity contribution in [2.24, 2.45) is 5.92 Å². The molecule has 3 atom stereocenters. The summed E-state index contributed by atoms with van der Waals surface area (Å²) in [7, 11) is 0. The number of benzene rings is 1. The van der Waals surface area contributed by atoms with Crippen molar-refractivity contribution in [1.29, 1.82) is 0 Å². The number of anilines is 1. The molecule has 2 heterocycles. The molecule has 2 aliphatic heterocycles. The van der Waals surface area contributed by atoms with Crippen molar-refractivity contribution in [2.45, 2.75) is 65.5 Å². The second-order valence-corrected chi connectivity index (χ2v) is 9.43. The molecule has 0 radical (unpaired) electrons. The quantitative estimate of drug-likeness (QED) is 0.616. The molecule has 1 unspecified atom stereocenters. The lowest BCUT2D eigenvalue weighted by molar-refractivity contribution is -0.117. The third-order valence-electron chi connectivity index (χ3n) is 6.21. The van der Waals surface area contributed by atoms with E-state index in [1.807, 2.05) is 31.7 Å². The summed E-state index contributed by atoms with van der Waals surface area (Å²) in [5.74, 6) is 0.556. The lowest BCUT2D eigenvalue weighted by Gasteiger charge is -2.43. The van der Waals surface area contributed by atoms with E-state index >= 15 is 0 Å². The Hall–Kier alpha value is -2.56. The Balaban J connectivity index is 1.88. The summed E-state index contributed by atoms with van der Waals surface area (Å²) >= 11 is 0. The van der Waals surface area contributed by atoms with Crippen LogP contribution in [0.25, 0.3) is 5.57 Å². The Bertz CT molecular complexity index is 881. The lowest BCUT2D eigenvalue weighted by Crippen LogP contribution is -2.46. The van der Waals surface area contributed by atoms with Gasteiger partial charge >= 0.3 is 6.09 Å². The van der Waals surface area contributed by atoms with E-state index < -0.39 is 5.60 Å². The minimum Gasteiger partial charge on any atom is -0.444 e. The minimum absolute atomic E-state index is 0.0655. The number of ether oxygens (including phenoxy) is 1. The summed E-state index contributed by atoms with van der Waals surface area (Å²) in [5, 5.41) is 0. The fourth-order valence-electron chi connectivity index (χ4n) is 4.50. The smallest absolute Gasteiger partial charge is 0.410 e. The van der Waals surface area contributed by atoms with Gasteiger partial charge in [0.15, 0.2) is 0 Å². The summed E-state index contributed by atoms with van der Waals surface area (Å²) in [6, 6.07) is 6.48. The highest BCUT2D eigenvalue weighted by Gasteiger charge is 2.37. The molecule has 30 heavy (non-hydrogen) atoms. The number of nitrogens with zero attached hydrogens (tertiary/aromatic N) is 2. The lowest BCUT2D eigenvalue weighted by atomic mass is 9.77. The highest BCUT2D eigenvalue weighted by atomic mass is 16.6. The van der Waals surface area contributed by atoms with Crippen molar-refractivity contribution < 1.29 is 14.3 Å². The molecule has 0 aromatic heterocycles. The fourth-order valence-corrected chi connectivity index (χ4v) is 4.50. The normalized spacial score (nSPS) is 24.1. The van der Waals surface area contributed by atoms with Gasteiger partial charge in [-0.2, -0.15) is 0 Å². The third kappa shape index (κ3) is 4.30. The monoisotopic (exact) mass is 410 g/mol. The van der Waals surface area contributed by atoms with E-state index in [0.717, 1.165) is 23.2 Å². The van der Waals surface area contributed by atoms with Crippen LogP contribution in [-0.4, -0.2) is 41.6 Å². The molecule has 0 spiro atoms. The van der Waals surface area contributed by atoms with E-state index in [2.05, 4.69) is 44.7 Å². The first-order valence-electron chi connectivity index (χ1n) is 10.8. The van der Waals surface area contributed by atoms with Crippen LogP contribution >= 0.6 is 0 Å². The van der Waals surface area contributed by atoms with Crippen LogP contribution in [-0.2, 0) is 9.53 Å². The molecule has 0 aliphatic carbocycles. The number of carbonyl (C=O) groups is 2. The van der Waals surface area contributed by atoms with Gasteiger partial charge in [-0.15, -0.1) is 6.58 Å². The Labute approximate surface area is 180 Å². The number of hydrogen-bond acceptors (Lipinski definition) is 3. The van der Waals surface area contributed by atoms with Crippen molar-refractivity contribution in [1.82, 2.24) is 4.90 Å². The van der Waals surface area contributed by atoms with Crippen LogP contribution in [0, 0.1) is 5.92 Å². The average Bonchev–Trinajstić information content (AvgIpc) is 2.67. The molecular weight excluding hydrogens is 376 g/mol. The molecule has 2 amide bonds. The zero-order valence-electron chi connectivity index (χ0n) is 19.1. The maximum Gasteiger partial charge on any atom is 0.410 e. The van der Waals surface area contributed by atoms with E-state index in [4.69, 9.17) is 4.74 Å². The van der Waals surface area contributed by atoms with Gasteiger partial charge in [0.1, 0.15) is 5.60 Å². The molecule has 162 valence electrons. The van der Waals surface area contributed by atoms with Crippen LogP contribution in [0.3, 0.4) is 0 Å². The van der Waals surface area contributed by atoms with Crippen molar-refractivity contribution in [3.05, 3.63) is 48.1 Å². The summed E-state index contributed by atoms with van der Waals surface area (Å²) < 4.78 is 5.49. The van der Waals surface area contributed by atoms with E-state index in [9.17, 15) is 9.59 Å². The molecule has 0 bridgehead atoms. The fraction of sp³-hybridized carbons (Fsp3) is 0.520. The molecule has 1 aromatic rings. The number of fused-ring (bicyclic) bond motifs is 1. The number of hydrogen-bond donors (Lipinski definition) is 0. The van der Waals surface area contributed by atoms with Crippen molar-refractivity contribution in [2.75, 3.05) is 18.0 Å². The summed E-state index contributed by atoms with van der Waals surface area (Å²) in [6.45, 7) is 16.8. The topological polar surface area (TPSA) is 49.9 Å². The molecule has 0 saturated carbocycles. The molecule has 0 saturated heterocycles. The zero-order chi connectivity index (χ0) is 22.2. The van der Waals surface area contributed by atoms with Gasteiger partial charge < -0.3 is 14.5 Å². The van der Waals surface area contributed by atoms with E-state index in [1.54, 1.807) is 11.8 Å². The zero-order valence-corrected chi connectivity index (χ0v) is 19.1. The van der Waals surface area contributed by atoms with Crippen molar-refractivity contribution in [3.63, 3.8) is 0 Å². The standard InChI is InChI=1S/C25H34N2O3/c1-8-21-16(2)17(3)27(18(4)28)23-10-9-20(15-22(21)23)19-11-13-26(14-12-19)24(29)30-25(5,6)7/h8-11,15-17,21H,1,12-14H2,2-7H3/t16?,17-,21+/m0/s1. The maximum absolute atomic E-state index is 12.3. The first kappa shape index (κ1) is 22.1. The molecule has 1 aromatic carbocycles. The molecule has 2 aliphatic rings. The van der Waals surface area contributed by atoms with Crippen LogP contribution < -0.4 is 4.90 Å². The predicted octanol–water partition coefficient (Wildman–Crippen LogP) is 5.37. The number of carbonyl (C=O) groups excluding carboxylic acids is 2. The van der Waals surface area contributed by atoms with E-state index in [1.165, 1.54) is 5.57 Å². The van der Waals surface area contributed by atoms with Crippen LogP contribution in [0.15, 0.2) is 36.9 Å². The largest absolute Gasteiger partial charge is 0.444 e. The van der Waals surface area contributed by atoms with Gasteiger partial charge in [0.2, 0.25) is 5.91 Å². The van der Waals surface area contributed by atoms with Gasteiger partial charge in [-0.3, -0.25) is 4.79 Å². The predicted molar refractivity (Wildman–Crippen MR) is 122 cm³/mol. The van der Waals surface area contributed by atoms with E-state index in [-0.39, 0.29) is 29.9 Å². The number of rotatable bonds is 2. The Morgan fingerprint density at radius 3 is 2.47 bits per heavy atom. The SMILES string of the molecule is C=C[C@H]1c2cc(C3=CCN(C(=O)OC(C)(C)C)CC3)ccc2N(C(C)=O)[C@@H](C)C1C. The molecule has 0 N–H and O–H groups in total. The molecule has 3 rings (SSSR count). The Kier molecular flexibility index (Phi) is 6.11. The van der Waals surface area contributed by atoms with Gasteiger partial charge in [0.05, 0.1) is 0 Å². The van der Waals surface area contributed by atoms with Gasteiger partial charge in [0, 0.05) is 37.7 Å². The second-order valence-electron chi connectivity index (χ2n) is 9.43. The highest BCUT2D eigenvalue weighted by molar-refractivity contribution is 5.94. The molecular formula is C25H34N2O3. The summed E-state index contributed by atoms with van der Waals surface area (Å²) in [6.07, 6.45) is 4.62. The molecule has 5 heteroatoms. The Morgan fingerprint density at radius 2 is 1.93 bits per heavy atom. The van der Waals surface area contributed by atoms with Gasteiger partial charge in [-0.05, 0) is 68.9 Å². The van der Waals surface area contributed by atoms with E-state index in [0.29, 0.717) is 13.1 Å². The first-order valence-corrected chi connectivity index (χ1v) is 10.8. The van der Waals surface area contributed by atoms with Gasteiger partial charge in [0.25, 0.3) is 0 Å². The van der Waals surface area contributed by atoms with Crippen LogP contribution in [0.4, 0.5) is 10.5 Å². The highest BCUT2D eigenvalue weighted by Crippen LogP contribution is 2.44. The maximum atomic E-state index is 12.3. The number of allylic oxidation sites excluding steroid dienone is 1.